The summed E-state index contributed by atoms with van der Waals surface area (Å²) in [5.41, 5.74) is 3.67. The SMILES string of the molecule is CCN1Cc2cc(-c3[nH]nc4nc(-c5c(Cl)c(OC)cc(OC)c5Cl)ncc34)cnc2C1=O. The number of H-pyrrole nitrogens is 1. The van der Waals surface area contributed by atoms with E-state index in [1.165, 1.54) is 14.2 Å². The Morgan fingerprint density at radius 2 is 1.82 bits per heavy atom. The molecule has 1 aromatic carbocycles. The van der Waals surface area contributed by atoms with Gasteiger partial charge in [0.15, 0.2) is 11.5 Å². The van der Waals surface area contributed by atoms with Crippen molar-refractivity contribution in [1.29, 1.82) is 0 Å². The van der Waals surface area contributed by atoms with Crippen LogP contribution in [0.2, 0.25) is 10.0 Å². The Morgan fingerprint density at radius 3 is 2.48 bits per heavy atom. The number of rotatable bonds is 5. The fourth-order valence-electron chi connectivity index (χ4n) is 3.87. The summed E-state index contributed by atoms with van der Waals surface area (Å²) < 4.78 is 10.7. The summed E-state index contributed by atoms with van der Waals surface area (Å²) in [7, 11) is 3.00. The molecule has 11 heteroatoms. The fourth-order valence-corrected chi connectivity index (χ4v) is 4.54. The first kappa shape index (κ1) is 21.4. The molecule has 1 aliphatic heterocycles. The highest BCUT2D eigenvalue weighted by atomic mass is 35.5. The first-order chi connectivity index (χ1) is 16.0. The van der Waals surface area contributed by atoms with Crippen molar-refractivity contribution in [3.8, 4) is 34.1 Å². The summed E-state index contributed by atoms with van der Waals surface area (Å²) >= 11 is 13.0. The van der Waals surface area contributed by atoms with Crippen molar-refractivity contribution >= 4 is 40.1 Å². The number of carbonyl (C=O) groups excluding carboxylic acids is 1. The largest absolute Gasteiger partial charge is 0.495 e. The van der Waals surface area contributed by atoms with Crippen molar-refractivity contribution in [2.24, 2.45) is 0 Å². The van der Waals surface area contributed by atoms with Crippen LogP contribution in [0.4, 0.5) is 0 Å². The number of methoxy groups -OCH3 is 2. The average Bonchev–Trinajstić information content (AvgIpc) is 3.39. The number of nitrogens with zero attached hydrogens (tertiary/aromatic N) is 5. The second-order valence-electron chi connectivity index (χ2n) is 7.36. The van der Waals surface area contributed by atoms with E-state index in [0.29, 0.717) is 52.6 Å². The van der Waals surface area contributed by atoms with Gasteiger partial charge in [-0.15, -0.1) is 0 Å². The summed E-state index contributed by atoms with van der Waals surface area (Å²) in [5.74, 6) is 1.01. The molecule has 0 aliphatic carbocycles. The van der Waals surface area contributed by atoms with Crippen LogP contribution < -0.4 is 9.47 Å². The van der Waals surface area contributed by atoms with Gasteiger partial charge in [0, 0.05) is 42.7 Å². The fraction of sp³-hybridized carbons (Fsp3) is 0.227. The van der Waals surface area contributed by atoms with Gasteiger partial charge < -0.3 is 14.4 Å². The molecule has 0 fully saturated rings. The molecule has 4 heterocycles. The van der Waals surface area contributed by atoms with Crippen LogP contribution in [-0.4, -0.2) is 56.7 Å². The Bertz CT molecular complexity index is 1390. The monoisotopic (exact) mass is 484 g/mol. The quantitative estimate of drug-likeness (QED) is 0.447. The maximum absolute atomic E-state index is 12.3. The maximum atomic E-state index is 12.3. The number of hydrogen-bond acceptors (Lipinski definition) is 7. The van der Waals surface area contributed by atoms with Crippen LogP contribution >= 0.6 is 23.2 Å². The standard InChI is InChI=1S/C22H18Cl2N6O3/c1-4-30-9-11-5-10(7-25-19(11)22(30)31)18-12-8-26-21(27-20(12)29-28-18)15-16(23)13(32-2)6-14(33-3)17(15)24/h5-8H,4,9H2,1-3H3,(H,26,27,28,29). The lowest BCUT2D eigenvalue weighted by Crippen LogP contribution is -2.23. The summed E-state index contributed by atoms with van der Waals surface area (Å²) in [6.07, 6.45) is 3.29. The van der Waals surface area contributed by atoms with E-state index in [9.17, 15) is 4.79 Å². The zero-order valence-electron chi connectivity index (χ0n) is 17.9. The molecule has 4 aromatic rings. The third kappa shape index (κ3) is 3.35. The van der Waals surface area contributed by atoms with Crippen LogP contribution in [0.25, 0.3) is 33.7 Å². The predicted octanol–water partition coefficient (Wildman–Crippen LogP) is 4.38. The Morgan fingerprint density at radius 1 is 1.09 bits per heavy atom. The smallest absolute Gasteiger partial charge is 0.273 e. The van der Waals surface area contributed by atoms with E-state index >= 15 is 0 Å². The number of nitrogens with one attached hydrogen (secondary N) is 1. The number of hydrogen-bond donors (Lipinski definition) is 1. The lowest BCUT2D eigenvalue weighted by atomic mass is 10.1. The van der Waals surface area contributed by atoms with E-state index in [2.05, 4.69) is 25.1 Å². The predicted molar refractivity (Wildman–Crippen MR) is 124 cm³/mol. The van der Waals surface area contributed by atoms with Crippen molar-refractivity contribution in [2.75, 3.05) is 20.8 Å². The van der Waals surface area contributed by atoms with Gasteiger partial charge in [-0.1, -0.05) is 23.2 Å². The minimum Gasteiger partial charge on any atom is -0.495 e. The normalized spacial score (nSPS) is 13.0. The molecule has 5 rings (SSSR count). The molecule has 1 N–H and O–H groups in total. The number of aromatic nitrogens is 5. The van der Waals surface area contributed by atoms with Crippen LogP contribution in [-0.2, 0) is 6.54 Å². The van der Waals surface area contributed by atoms with Gasteiger partial charge in [-0.2, -0.15) is 5.10 Å². The van der Waals surface area contributed by atoms with Crippen molar-refractivity contribution in [2.45, 2.75) is 13.5 Å². The van der Waals surface area contributed by atoms with E-state index in [-0.39, 0.29) is 21.8 Å². The third-order valence-corrected chi connectivity index (χ3v) is 6.35. The Balaban J connectivity index is 1.59. The highest BCUT2D eigenvalue weighted by Crippen LogP contribution is 2.45. The van der Waals surface area contributed by atoms with Gasteiger partial charge in [0.1, 0.15) is 17.2 Å². The first-order valence-electron chi connectivity index (χ1n) is 10.1. The number of aromatic amines is 1. The Hall–Kier alpha value is -3.43. The minimum atomic E-state index is -0.0519. The van der Waals surface area contributed by atoms with Crippen molar-refractivity contribution in [3.63, 3.8) is 0 Å². The average molecular weight is 485 g/mol. The highest BCUT2D eigenvalue weighted by Gasteiger charge is 2.28. The number of amides is 1. The van der Waals surface area contributed by atoms with Crippen LogP contribution in [0, 0.1) is 0 Å². The second kappa shape index (κ2) is 8.17. The lowest BCUT2D eigenvalue weighted by molar-refractivity contribution is 0.0783. The molecule has 3 aromatic heterocycles. The summed E-state index contributed by atoms with van der Waals surface area (Å²) in [6, 6.07) is 3.54. The van der Waals surface area contributed by atoms with Crippen molar-refractivity contribution < 1.29 is 14.3 Å². The third-order valence-electron chi connectivity index (χ3n) is 5.60. The maximum Gasteiger partial charge on any atom is 0.273 e. The Kier molecular flexibility index (Phi) is 5.30. The molecule has 33 heavy (non-hydrogen) atoms. The van der Waals surface area contributed by atoms with Gasteiger partial charge in [0.25, 0.3) is 5.91 Å². The van der Waals surface area contributed by atoms with Gasteiger partial charge in [0.2, 0.25) is 0 Å². The topological polar surface area (TPSA) is 106 Å². The molecule has 0 atom stereocenters. The van der Waals surface area contributed by atoms with E-state index in [4.69, 9.17) is 32.7 Å². The summed E-state index contributed by atoms with van der Waals surface area (Å²) in [5, 5.41) is 8.57. The number of fused-ring (bicyclic) bond motifs is 2. The Labute approximate surface area is 198 Å². The van der Waals surface area contributed by atoms with Crippen LogP contribution in [0.1, 0.15) is 23.0 Å². The molecule has 0 bridgehead atoms. The number of benzene rings is 1. The number of carbonyl (C=O) groups is 1. The molecule has 0 saturated carbocycles. The van der Waals surface area contributed by atoms with Crippen LogP contribution in [0.5, 0.6) is 11.5 Å². The molecule has 0 spiro atoms. The zero-order chi connectivity index (χ0) is 23.3. The highest BCUT2D eigenvalue weighted by molar-refractivity contribution is 6.40. The molecule has 1 aliphatic rings. The molecule has 0 unspecified atom stereocenters. The van der Waals surface area contributed by atoms with Crippen molar-refractivity contribution in [1.82, 2.24) is 30.0 Å². The number of ether oxygens (including phenoxy) is 2. The zero-order valence-corrected chi connectivity index (χ0v) is 19.5. The second-order valence-corrected chi connectivity index (χ2v) is 8.12. The first-order valence-corrected chi connectivity index (χ1v) is 10.8. The minimum absolute atomic E-state index is 0.0519. The van der Waals surface area contributed by atoms with Gasteiger partial charge in [-0.25, -0.2) is 9.97 Å². The molecule has 1 amide bonds. The lowest BCUT2D eigenvalue weighted by Gasteiger charge is -2.13. The number of halogens is 2. The van der Waals surface area contributed by atoms with Crippen molar-refractivity contribution in [3.05, 3.63) is 45.8 Å². The van der Waals surface area contributed by atoms with Gasteiger partial charge in [0.05, 0.1) is 40.9 Å². The molecular weight excluding hydrogens is 467 g/mol. The molecule has 0 radical (unpaired) electrons. The van der Waals surface area contributed by atoms with E-state index < -0.39 is 0 Å². The van der Waals surface area contributed by atoms with Gasteiger partial charge in [-0.05, 0) is 13.0 Å². The van der Waals surface area contributed by atoms with Gasteiger partial charge >= 0.3 is 0 Å². The molecule has 168 valence electrons. The van der Waals surface area contributed by atoms with E-state index in [1.807, 2.05) is 13.0 Å². The van der Waals surface area contributed by atoms with E-state index in [1.54, 1.807) is 23.4 Å². The van der Waals surface area contributed by atoms with E-state index in [0.717, 1.165) is 11.1 Å². The number of pyridine rings is 1. The summed E-state index contributed by atoms with van der Waals surface area (Å²) in [6.45, 7) is 3.11. The summed E-state index contributed by atoms with van der Waals surface area (Å²) in [4.78, 5) is 27.5. The van der Waals surface area contributed by atoms with Gasteiger partial charge in [-0.3, -0.25) is 14.9 Å². The molecule has 9 nitrogen and oxygen atoms in total. The molecule has 0 saturated heterocycles. The van der Waals surface area contributed by atoms with Crippen LogP contribution in [0.3, 0.4) is 0 Å². The van der Waals surface area contributed by atoms with Crippen LogP contribution in [0.15, 0.2) is 24.5 Å². The molecular formula is C22H18Cl2N6O3.